The molecule has 1 aliphatic rings. The summed E-state index contributed by atoms with van der Waals surface area (Å²) < 4.78 is 5.37. The van der Waals surface area contributed by atoms with Gasteiger partial charge >= 0.3 is 0 Å². The van der Waals surface area contributed by atoms with Gasteiger partial charge in [0, 0.05) is 43.4 Å². The first-order valence-corrected chi connectivity index (χ1v) is 10.6. The molecular formula is C20H27N5O3S. The highest BCUT2D eigenvalue weighted by molar-refractivity contribution is 7.15. The first-order chi connectivity index (χ1) is 14.0. The third kappa shape index (κ3) is 6.31. The lowest BCUT2D eigenvalue weighted by atomic mass is 10.2. The number of carbonyl (C=O) groups is 2. The van der Waals surface area contributed by atoms with Crippen molar-refractivity contribution in [2.75, 3.05) is 51.3 Å². The van der Waals surface area contributed by atoms with E-state index >= 15 is 0 Å². The Morgan fingerprint density at radius 1 is 1.31 bits per heavy atom. The van der Waals surface area contributed by atoms with Crippen LogP contribution in [0.2, 0.25) is 0 Å². The lowest BCUT2D eigenvalue weighted by Crippen LogP contribution is -2.41. The van der Waals surface area contributed by atoms with Crippen LogP contribution in [0.3, 0.4) is 0 Å². The van der Waals surface area contributed by atoms with E-state index in [9.17, 15) is 9.59 Å². The van der Waals surface area contributed by atoms with Crippen molar-refractivity contribution in [3.8, 4) is 0 Å². The zero-order valence-electron chi connectivity index (χ0n) is 16.9. The van der Waals surface area contributed by atoms with Gasteiger partial charge in [0.15, 0.2) is 5.13 Å². The second-order valence-electron chi connectivity index (χ2n) is 6.98. The van der Waals surface area contributed by atoms with E-state index in [-0.39, 0.29) is 18.4 Å². The predicted octanol–water partition coefficient (Wildman–Crippen LogP) is 1.96. The third-order valence-corrected chi connectivity index (χ3v) is 5.80. The van der Waals surface area contributed by atoms with Gasteiger partial charge in [0.25, 0.3) is 5.91 Å². The summed E-state index contributed by atoms with van der Waals surface area (Å²) in [4.78, 5) is 38.8. The Kier molecular flexibility index (Phi) is 7.68. The molecule has 1 saturated heterocycles. The van der Waals surface area contributed by atoms with Crippen molar-refractivity contribution >= 4 is 28.3 Å². The van der Waals surface area contributed by atoms with Crippen LogP contribution in [0.15, 0.2) is 24.5 Å². The van der Waals surface area contributed by atoms with E-state index in [2.05, 4.69) is 20.2 Å². The molecule has 0 aliphatic carbocycles. The number of hydrogen-bond donors (Lipinski definition) is 1. The van der Waals surface area contributed by atoms with Crippen LogP contribution >= 0.6 is 11.3 Å². The lowest BCUT2D eigenvalue weighted by Gasteiger charge is -2.28. The molecule has 3 rings (SSSR count). The minimum absolute atomic E-state index is 0.0193. The van der Waals surface area contributed by atoms with Gasteiger partial charge in [-0.05, 0) is 32.4 Å². The van der Waals surface area contributed by atoms with E-state index in [0.717, 1.165) is 49.8 Å². The molecule has 1 fully saturated rings. The van der Waals surface area contributed by atoms with Gasteiger partial charge in [-0.25, -0.2) is 4.98 Å². The molecule has 0 atom stereocenters. The average molecular weight is 418 g/mol. The fourth-order valence-electron chi connectivity index (χ4n) is 3.09. The van der Waals surface area contributed by atoms with Crippen LogP contribution in [-0.4, -0.2) is 77.5 Å². The van der Waals surface area contributed by atoms with Gasteiger partial charge in [-0.2, -0.15) is 0 Å². The molecule has 3 heterocycles. The summed E-state index contributed by atoms with van der Waals surface area (Å²) in [5.74, 6) is -0.441. The number of amides is 2. The minimum atomic E-state index is -0.248. The molecule has 9 heteroatoms. The van der Waals surface area contributed by atoms with Crippen molar-refractivity contribution in [1.29, 1.82) is 0 Å². The molecule has 1 aliphatic heterocycles. The van der Waals surface area contributed by atoms with Crippen LogP contribution in [0.1, 0.15) is 27.3 Å². The van der Waals surface area contributed by atoms with Gasteiger partial charge < -0.3 is 15.0 Å². The number of ether oxygens (including phenoxy) is 1. The summed E-state index contributed by atoms with van der Waals surface area (Å²) in [7, 11) is 0. The quantitative estimate of drug-likeness (QED) is 0.706. The standard InChI is InChI=1S/C20H27N5O3S/c1-15-16(2)29-20(22-15)23-18(26)14-25(19(27)17-5-3-6-21-13-17)8-4-7-24-9-11-28-12-10-24/h3,5-6,13H,4,7-12,14H2,1-2H3,(H,22,23,26). The number of rotatable bonds is 8. The Labute approximate surface area is 174 Å². The smallest absolute Gasteiger partial charge is 0.255 e. The molecule has 156 valence electrons. The van der Waals surface area contributed by atoms with Gasteiger partial charge in [-0.15, -0.1) is 11.3 Å². The van der Waals surface area contributed by atoms with Crippen LogP contribution in [0, 0.1) is 13.8 Å². The fourth-order valence-corrected chi connectivity index (χ4v) is 3.92. The first kappa shape index (κ1) is 21.4. The maximum Gasteiger partial charge on any atom is 0.255 e. The predicted molar refractivity (Wildman–Crippen MR) is 112 cm³/mol. The van der Waals surface area contributed by atoms with E-state index in [1.807, 2.05) is 13.8 Å². The number of pyridine rings is 1. The number of hydrogen-bond acceptors (Lipinski definition) is 7. The Balaban J connectivity index is 1.61. The zero-order valence-corrected chi connectivity index (χ0v) is 17.7. The number of morpholine rings is 1. The molecular weight excluding hydrogens is 390 g/mol. The van der Waals surface area contributed by atoms with Crippen molar-refractivity contribution in [2.24, 2.45) is 0 Å². The summed E-state index contributed by atoms with van der Waals surface area (Å²) in [6.45, 7) is 8.51. The van der Waals surface area contributed by atoms with Gasteiger partial charge in [-0.3, -0.25) is 19.5 Å². The SMILES string of the molecule is Cc1nc(NC(=O)CN(CCCN2CCOCC2)C(=O)c2cccnc2)sc1C. The Bertz CT molecular complexity index is 801. The summed E-state index contributed by atoms with van der Waals surface area (Å²) in [5.41, 5.74) is 1.38. The van der Waals surface area contributed by atoms with Gasteiger partial charge in [0.2, 0.25) is 5.91 Å². The zero-order chi connectivity index (χ0) is 20.6. The van der Waals surface area contributed by atoms with Gasteiger partial charge in [-0.1, -0.05) is 0 Å². The molecule has 8 nitrogen and oxygen atoms in total. The normalized spacial score (nSPS) is 14.6. The topological polar surface area (TPSA) is 87.7 Å². The Morgan fingerprint density at radius 2 is 2.10 bits per heavy atom. The van der Waals surface area contributed by atoms with E-state index in [1.54, 1.807) is 23.2 Å². The highest BCUT2D eigenvalue weighted by Gasteiger charge is 2.20. The number of nitrogens with zero attached hydrogens (tertiary/aromatic N) is 4. The average Bonchev–Trinajstić information content (AvgIpc) is 3.04. The molecule has 0 saturated carbocycles. The maximum atomic E-state index is 12.9. The molecule has 2 aromatic heterocycles. The van der Waals surface area contributed by atoms with Crippen LogP contribution in [0.5, 0.6) is 0 Å². The number of nitrogens with one attached hydrogen (secondary N) is 1. The third-order valence-electron chi connectivity index (χ3n) is 4.81. The summed E-state index contributed by atoms with van der Waals surface area (Å²) in [5, 5.41) is 3.37. The summed E-state index contributed by atoms with van der Waals surface area (Å²) in [6.07, 6.45) is 3.94. The highest BCUT2D eigenvalue weighted by atomic mass is 32.1. The van der Waals surface area contributed by atoms with Crippen LogP contribution in [0.4, 0.5) is 5.13 Å². The molecule has 2 amide bonds. The van der Waals surface area contributed by atoms with Crippen LogP contribution in [0.25, 0.3) is 0 Å². The van der Waals surface area contributed by atoms with Crippen molar-refractivity contribution in [3.63, 3.8) is 0 Å². The van der Waals surface area contributed by atoms with E-state index < -0.39 is 0 Å². The monoisotopic (exact) mass is 417 g/mol. The van der Waals surface area contributed by atoms with Crippen molar-refractivity contribution < 1.29 is 14.3 Å². The van der Waals surface area contributed by atoms with Crippen LogP contribution < -0.4 is 5.32 Å². The largest absolute Gasteiger partial charge is 0.379 e. The number of thiazole rings is 1. The molecule has 0 unspecified atom stereocenters. The van der Waals surface area contributed by atoms with E-state index in [0.29, 0.717) is 17.2 Å². The second-order valence-corrected chi connectivity index (χ2v) is 8.19. The molecule has 1 N–H and O–H groups in total. The maximum absolute atomic E-state index is 12.9. The van der Waals surface area contributed by atoms with Gasteiger partial charge in [0.05, 0.1) is 24.5 Å². The molecule has 0 aromatic carbocycles. The number of anilines is 1. The number of carbonyl (C=O) groups excluding carboxylic acids is 2. The minimum Gasteiger partial charge on any atom is -0.379 e. The second kappa shape index (κ2) is 10.4. The molecule has 0 spiro atoms. The van der Waals surface area contributed by atoms with Crippen molar-refractivity contribution in [1.82, 2.24) is 19.8 Å². The molecule has 0 bridgehead atoms. The summed E-state index contributed by atoms with van der Waals surface area (Å²) >= 11 is 1.44. The van der Waals surface area contributed by atoms with Crippen molar-refractivity contribution in [2.45, 2.75) is 20.3 Å². The summed E-state index contributed by atoms with van der Waals surface area (Å²) in [6, 6.07) is 3.44. The van der Waals surface area contributed by atoms with Gasteiger partial charge in [0.1, 0.15) is 6.54 Å². The molecule has 2 aromatic rings. The van der Waals surface area contributed by atoms with E-state index in [4.69, 9.17) is 4.74 Å². The first-order valence-electron chi connectivity index (χ1n) is 9.76. The lowest BCUT2D eigenvalue weighted by molar-refractivity contribution is -0.116. The fraction of sp³-hybridized carbons (Fsp3) is 0.500. The van der Waals surface area contributed by atoms with Crippen molar-refractivity contribution in [3.05, 3.63) is 40.7 Å². The highest BCUT2D eigenvalue weighted by Crippen LogP contribution is 2.21. The molecule has 0 radical (unpaired) electrons. The van der Waals surface area contributed by atoms with Crippen LogP contribution in [-0.2, 0) is 9.53 Å². The number of aryl methyl sites for hydroxylation is 2. The van der Waals surface area contributed by atoms with E-state index in [1.165, 1.54) is 17.5 Å². The molecule has 29 heavy (non-hydrogen) atoms. The Hall–Kier alpha value is -2.36. The Morgan fingerprint density at radius 3 is 2.76 bits per heavy atom. The number of aromatic nitrogens is 2.